The quantitative estimate of drug-likeness (QED) is 0.811. The lowest BCUT2D eigenvalue weighted by atomic mass is 9.88. The van der Waals surface area contributed by atoms with Crippen LogP contribution in [-0.4, -0.2) is 17.8 Å². The lowest BCUT2D eigenvalue weighted by Gasteiger charge is -2.24. The Morgan fingerprint density at radius 2 is 2.11 bits per heavy atom. The number of furan rings is 1. The number of nitrogens with one attached hydrogen (secondary N) is 1. The molecule has 0 unspecified atom stereocenters. The summed E-state index contributed by atoms with van der Waals surface area (Å²) in [5.74, 6) is 1.41. The van der Waals surface area contributed by atoms with Gasteiger partial charge in [-0.3, -0.25) is 4.79 Å². The number of halogens is 1. The van der Waals surface area contributed by atoms with Crippen LogP contribution in [0.2, 0.25) is 0 Å². The molecule has 1 amide bonds. The van der Waals surface area contributed by atoms with Crippen molar-refractivity contribution in [3.63, 3.8) is 0 Å². The van der Waals surface area contributed by atoms with Crippen LogP contribution in [0.25, 0.3) is 0 Å². The Labute approximate surface area is 117 Å². The second-order valence-electron chi connectivity index (χ2n) is 5.47. The Balaban J connectivity index is 2.53. The van der Waals surface area contributed by atoms with E-state index in [9.17, 15) is 4.79 Å². The molecule has 0 aliphatic rings. The first-order valence-electron chi connectivity index (χ1n) is 6.27. The van der Waals surface area contributed by atoms with Crippen LogP contribution >= 0.6 is 15.9 Å². The number of rotatable bonds is 6. The first kappa shape index (κ1) is 15.3. The van der Waals surface area contributed by atoms with Crippen molar-refractivity contribution in [2.45, 2.75) is 40.5 Å². The van der Waals surface area contributed by atoms with Gasteiger partial charge in [-0.1, -0.05) is 29.8 Å². The highest BCUT2D eigenvalue weighted by atomic mass is 79.9. The van der Waals surface area contributed by atoms with Crippen molar-refractivity contribution < 1.29 is 9.21 Å². The van der Waals surface area contributed by atoms with Crippen LogP contribution in [0.5, 0.6) is 0 Å². The van der Waals surface area contributed by atoms with E-state index in [2.05, 4.69) is 35.1 Å². The minimum atomic E-state index is -0.0451. The third kappa shape index (κ3) is 4.48. The first-order chi connectivity index (χ1) is 8.35. The van der Waals surface area contributed by atoms with Crippen LogP contribution in [0, 0.1) is 19.3 Å². The molecule has 0 saturated carbocycles. The summed E-state index contributed by atoms with van der Waals surface area (Å²) in [5, 5.41) is 3.99. The van der Waals surface area contributed by atoms with Crippen LogP contribution < -0.4 is 5.32 Å². The number of hydrogen-bond donors (Lipinski definition) is 1. The van der Waals surface area contributed by atoms with Crippen molar-refractivity contribution in [1.29, 1.82) is 0 Å². The largest absolute Gasteiger partial charge is 0.466 e. The van der Waals surface area contributed by atoms with E-state index < -0.39 is 0 Å². The number of alkyl halides is 1. The van der Waals surface area contributed by atoms with Gasteiger partial charge in [0, 0.05) is 11.9 Å². The SMILES string of the molecule is Cc1cc(C(=O)NCC(C)(C)CCCBr)c(C)o1. The summed E-state index contributed by atoms with van der Waals surface area (Å²) < 4.78 is 5.37. The van der Waals surface area contributed by atoms with Gasteiger partial charge in [-0.05, 0) is 38.2 Å². The molecule has 1 rings (SSSR count). The average Bonchev–Trinajstić information content (AvgIpc) is 2.63. The minimum absolute atomic E-state index is 0.0451. The maximum Gasteiger partial charge on any atom is 0.254 e. The fourth-order valence-corrected chi connectivity index (χ4v) is 2.19. The van der Waals surface area contributed by atoms with Crippen LogP contribution in [0.1, 0.15) is 48.6 Å². The van der Waals surface area contributed by atoms with E-state index in [1.165, 1.54) is 0 Å². The van der Waals surface area contributed by atoms with Crippen LogP contribution in [0.4, 0.5) is 0 Å². The molecule has 1 aromatic rings. The van der Waals surface area contributed by atoms with Crippen molar-refractivity contribution in [3.05, 3.63) is 23.2 Å². The fourth-order valence-electron chi connectivity index (χ4n) is 1.90. The van der Waals surface area contributed by atoms with Gasteiger partial charge in [0.1, 0.15) is 11.5 Å². The second-order valence-corrected chi connectivity index (χ2v) is 6.26. The van der Waals surface area contributed by atoms with Crippen LogP contribution in [-0.2, 0) is 0 Å². The molecule has 0 bridgehead atoms. The van der Waals surface area contributed by atoms with Gasteiger partial charge in [-0.25, -0.2) is 0 Å². The van der Waals surface area contributed by atoms with Crippen molar-refractivity contribution in [3.8, 4) is 0 Å². The molecule has 0 saturated heterocycles. The maximum atomic E-state index is 12.0. The Bertz CT molecular complexity index is 410. The molecule has 0 radical (unpaired) electrons. The van der Waals surface area contributed by atoms with Crippen molar-refractivity contribution in [1.82, 2.24) is 5.32 Å². The van der Waals surface area contributed by atoms with E-state index in [0.717, 1.165) is 23.9 Å². The van der Waals surface area contributed by atoms with E-state index in [-0.39, 0.29) is 11.3 Å². The molecule has 102 valence electrons. The molecule has 1 heterocycles. The smallest absolute Gasteiger partial charge is 0.254 e. The highest BCUT2D eigenvalue weighted by Crippen LogP contribution is 2.22. The van der Waals surface area contributed by atoms with Gasteiger partial charge >= 0.3 is 0 Å². The molecule has 0 aliphatic carbocycles. The van der Waals surface area contributed by atoms with Gasteiger partial charge < -0.3 is 9.73 Å². The topological polar surface area (TPSA) is 42.2 Å². The summed E-state index contributed by atoms with van der Waals surface area (Å²) in [6, 6.07) is 1.79. The van der Waals surface area contributed by atoms with E-state index in [4.69, 9.17) is 4.42 Å². The minimum Gasteiger partial charge on any atom is -0.466 e. The van der Waals surface area contributed by atoms with Crippen molar-refractivity contribution >= 4 is 21.8 Å². The lowest BCUT2D eigenvalue weighted by Crippen LogP contribution is -2.34. The van der Waals surface area contributed by atoms with Crippen molar-refractivity contribution in [2.75, 3.05) is 11.9 Å². The van der Waals surface area contributed by atoms with Gasteiger partial charge in [0.25, 0.3) is 5.91 Å². The monoisotopic (exact) mass is 315 g/mol. The van der Waals surface area contributed by atoms with Crippen molar-refractivity contribution in [2.24, 2.45) is 5.41 Å². The zero-order chi connectivity index (χ0) is 13.8. The van der Waals surface area contributed by atoms with Gasteiger partial charge in [0.2, 0.25) is 0 Å². The van der Waals surface area contributed by atoms with E-state index in [1.54, 1.807) is 6.07 Å². The van der Waals surface area contributed by atoms with Crippen LogP contribution in [0.3, 0.4) is 0 Å². The number of carbonyl (C=O) groups is 1. The molecule has 1 N–H and O–H groups in total. The molecule has 0 atom stereocenters. The molecule has 18 heavy (non-hydrogen) atoms. The Hall–Kier alpha value is -0.770. The van der Waals surface area contributed by atoms with Gasteiger partial charge in [-0.2, -0.15) is 0 Å². The summed E-state index contributed by atoms with van der Waals surface area (Å²) in [6.45, 7) is 8.69. The molecule has 1 aromatic heterocycles. The zero-order valence-electron chi connectivity index (χ0n) is 11.6. The predicted molar refractivity (Wildman–Crippen MR) is 77.3 cm³/mol. The summed E-state index contributed by atoms with van der Waals surface area (Å²) >= 11 is 3.43. The molecule has 0 aromatic carbocycles. The molecule has 0 aliphatic heterocycles. The van der Waals surface area contributed by atoms with Gasteiger partial charge in [-0.15, -0.1) is 0 Å². The van der Waals surface area contributed by atoms with Crippen LogP contribution in [0.15, 0.2) is 10.5 Å². The summed E-state index contributed by atoms with van der Waals surface area (Å²) in [5.41, 5.74) is 0.764. The fraction of sp³-hybridized carbons (Fsp3) is 0.643. The first-order valence-corrected chi connectivity index (χ1v) is 7.39. The highest BCUT2D eigenvalue weighted by molar-refractivity contribution is 9.09. The molecule has 0 spiro atoms. The Morgan fingerprint density at radius 3 is 2.61 bits per heavy atom. The van der Waals surface area contributed by atoms with E-state index >= 15 is 0 Å². The average molecular weight is 316 g/mol. The summed E-state index contributed by atoms with van der Waals surface area (Å²) in [7, 11) is 0. The Morgan fingerprint density at radius 1 is 1.44 bits per heavy atom. The number of aryl methyl sites for hydroxylation is 2. The Kier molecular flexibility index (Phi) is 5.45. The molecule has 0 fully saturated rings. The lowest BCUT2D eigenvalue weighted by molar-refractivity contribution is 0.0933. The highest BCUT2D eigenvalue weighted by Gasteiger charge is 2.20. The summed E-state index contributed by atoms with van der Waals surface area (Å²) in [4.78, 5) is 12.0. The third-order valence-electron chi connectivity index (χ3n) is 3.00. The molecule has 3 nitrogen and oxygen atoms in total. The third-order valence-corrected chi connectivity index (χ3v) is 3.56. The van der Waals surface area contributed by atoms with Gasteiger partial charge in [0.05, 0.1) is 5.56 Å². The number of hydrogen-bond acceptors (Lipinski definition) is 2. The summed E-state index contributed by atoms with van der Waals surface area (Å²) in [6.07, 6.45) is 2.20. The normalized spacial score (nSPS) is 11.6. The van der Waals surface area contributed by atoms with Gasteiger partial charge in [0.15, 0.2) is 0 Å². The zero-order valence-corrected chi connectivity index (χ0v) is 13.2. The van der Waals surface area contributed by atoms with E-state index in [1.807, 2.05) is 13.8 Å². The molecular formula is C14H22BrNO2. The maximum absolute atomic E-state index is 12.0. The van der Waals surface area contributed by atoms with E-state index in [0.29, 0.717) is 17.9 Å². The second kappa shape index (κ2) is 6.41. The standard InChI is InChI=1S/C14H22BrNO2/c1-10-8-12(11(2)18-10)13(17)16-9-14(3,4)6-5-7-15/h8H,5-7,9H2,1-4H3,(H,16,17). The molecular weight excluding hydrogens is 294 g/mol. The number of carbonyl (C=O) groups excluding carboxylic acids is 1. The number of amides is 1. The molecule has 4 heteroatoms. The predicted octanol–water partition coefficient (Wildman–Crippen LogP) is 3.83.